The molecule has 1 aromatic rings. The number of rotatable bonds is 3. The molecule has 0 radical (unpaired) electrons. The van der Waals surface area contributed by atoms with Crippen LogP contribution in [0.3, 0.4) is 0 Å². The smallest absolute Gasteiger partial charge is 0.142 e. The Morgan fingerprint density at radius 1 is 1.24 bits per heavy atom. The molecule has 0 heterocycles. The van der Waals surface area contributed by atoms with Gasteiger partial charge in [0.15, 0.2) is 0 Å². The Kier molecular flexibility index (Phi) is 4.56. The minimum atomic E-state index is -0.360. The fourth-order valence-corrected chi connectivity index (χ4v) is 1.62. The van der Waals surface area contributed by atoms with Crippen molar-refractivity contribution in [3.8, 4) is 0 Å². The van der Waals surface area contributed by atoms with Crippen LogP contribution >= 0.6 is 11.6 Å². The number of hydrogen-bond acceptors (Lipinski definition) is 1. The van der Waals surface area contributed by atoms with Gasteiger partial charge in [-0.05, 0) is 37.0 Å². The Bertz CT molecular complexity index is 384. The topological polar surface area (TPSA) is 12.0 Å². The lowest BCUT2D eigenvalue weighted by atomic mass is 9.87. The van der Waals surface area contributed by atoms with Gasteiger partial charge in [-0.15, -0.1) is 0 Å². The van der Waals surface area contributed by atoms with E-state index in [0.29, 0.717) is 6.04 Å². The van der Waals surface area contributed by atoms with Crippen LogP contribution in [0.1, 0.15) is 46.2 Å². The molecule has 17 heavy (non-hydrogen) atoms. The Labute approximate surface area is 108 Å². The van der Waals surface area contributed by atoms with E-state index in [-0.39, 0.29) is 22.3 Å². The summed E-state index contributed by atoms with van der Waals surface area (Å²) in [6.07, 6.45) is 0. The van der Waals surface area contributed by atoms with Crippen molar-refractivity contribution in [2.24, 2.45) is 5.41 Å². The van der Waals surface area contributed by atoms with Crippen LogP contribution in [-0.4, -0.2) is 6.04 Å². The van der Waals surface area contributed by atoms with Crippen molar-refractivity contribution in [2.75, 3.05) is 0 Å². The second kappa shape index (κ2) is 5.36. The van der Waals surface area contributed by atoms with Gasteiger partial charge < -0.3 is 5.32 Å². The third kappa shape index (κ3) is 3.97. The van der Waals surface area contributed by atoms with Gasteiger partial charge in [-0.3, -0.25) is 0 Å². The molecule has 0 bridgehead atoms. The highest BCUT2D eigenvalue weighted by Crippen LogP contribution is 2.24. The molecule has 3 heteroatoms. The van der Waals surface area contributed by atoms with Crippen molar-refractivity contribution in [1.82, 2.24) is 5.32 Å². The predicted molar refractivity (Wildman–Crippen MR) is 71.9 cm³/mol. The average Bonchev–Trinajstić information content (AvgIpc) is 2.20. The van der Waals surface area contributed by atoms with Crippen molar-refractivity contribution in [3.05, 3.63) is 34.6 Å². The summed E-state index contributed by atoms with van der Waals surface area (Å²) in [5, 5.41) is 3.64. The number of halogens is 2. The molecule has 96 valence electrons. The average molecular weight is 258 g/mol. The quantitative estimate of drug-likeness (QED) is 0.837. The van der Waals surface area contributed by atoms with E-state index < -0.39 is 0 Å². The summed E-state index contributed by atoms with van der Waals surface area (Å²) in [5.74, 6) is -0.360. The van der Waals surface area contributed by atoms with Gasteiger partial charge in [0.1, 0.15) is 5.82 Å². The lowest BCUT2D eigenvalue weighted by molar-refractivity contribution is 0.268. The summed E-state index contributed by atoms with van der Waals surface area (Å²) in [6.45, 7) is 10.7. The molecule has 0 saturated heterocycles. The lowest BCUT2D eigenvalue weighted by Gasteiger charge is -2.31. The molecule has 0 saturated carbocycles. The van der Waals surface area contributed by atoms with Crippen molar-refractivity contribution < 1.29 is 4.39 Å². The van der Waals surface area contributed by atoms with E-state index in [1.54, 1.807) is 6.07 Å². The summed E-state index contributed by atoms with van der Waals surface area (Å²) < 4.78 is 13.4. The first-order valence-electron chi connectivity index (χ1n) is 5.93. The Morgan fingerprint density at radius 2 is 1.82 bits per heavy atom. The number of hydrogen-bond donors (Lipinski definition) is 1. The first-order chi connectivity index (χ1) is 7.71. The fraction of sp³-hybridized carbons (Fsp3) is 0.571. The molecule has 0 amide bonds. The van der Waals surface area contributed by atoms with Crippen molar-refractivity contribution in [3.63, 3.8) is 0 Å². The summed E-state index contributed by atoms with van der Waals surface area (Å²) in [7, 11) is 0. The maximum Gasteiger partial charge on any atom is 0.142 e. The molecule has 0 aromatic heterocycles. The highest BCUT2D eigenvalue weighted by atomic mass is 35.5. The minimum absolute atomic E-state index is 0.107. The highest BCUT2D eigenvalue weighted by molar-refractivity contribution is 6.30. The zero-order valence-electron chi connectivity index (χ0n) is 11.1. The van der Waals surface area contributed by atoms with Crippen LogP contribution in [0.4, 0.5) is 4.39 Å². The normalized spacial score (nSPS) is 15.7. The van der Waals surface area contributed by atoms with Crippen molar-refractivity contribution >= 4 is 11.6 Å². The van der Waals surface area contributed by atoms with Gasteiger partial charge in [-0.25, -0.2) is 4.39 Å². The molecule has 0 spiro atoms. The molecular formula is C14H21ClFN. The van der Waals surface area contributed by atoms with E-state index in [4.69, 9.17) is 11.6 Å². The largest absolute Gasteiger partial charge is 0.307 e. The van der Waals surface area contributed by atoms with Gasteiger partial charge in [0, 0.05) is 12.1 Å². The molecule has 0 aliphatic carbocycles. The zero-order valence-corrected chi connectivity index (χ0v) is 11.9. The first kappa shape index (κ1) is 14.5. The van der Waals surface area contributed by atoms with E-state index in [2.05, 4.69) is 33.0 Å². The van der Waals surface area contributed by atoms with Crippen molar-refractivity contribution in [1.29, 1.82) is 0 Å². The maximum absolute atomic E-state index is 13.4. The van der Waals surface area contributed by atoms with Gasteiger partial charge in [0.2, 0.25) is 0 Å². The van der Waals surface area contributed by atoms with Crippen LogP contribution in [-0.2, 0) is 0 Å². The summed E-state index contributed by atoms with van der Waals surface area (Å²) in [4.78, 5) is 0. The molecular weight excluding hydrogens is 237 g/mol. The predicted octanol–water partition coefficient (Wildman–Crippen LogP) is 4.56. The van der Waals surface area contributed by atoms with E-state index in [0.717, 1.165) is 5.56 Å². The Hall–Kier alpha value is -0.600. The minimum Gasteiger partial charge on any atom is -0.307 e. The second-order valence-electron chi connectivity index (χ2n) is 5.65. The monoisotopic (exact) mass is 257 g/mol. The summed E-state index contributed by atoms with van der Waals surface area (Å²) in [6, 6.07) is 5.41. The molecule has 0 aliphatic heterocycles. The van der Waals surface area contributed by atoms with Crippen molar-refractivity contribution in [2.45, 2.75) is 46.7 Å². The Morgan fingerprint density at radius 3 is 2.29 bits per heavy atom. The molecule has 0 aliphatic rings. The SMILES string of the molecule is CC(NC(C)C(C)(C)C)c1ccc(Cl)c(F)c1. The van der Waals surface area contributed by atoms with Crippen LogP contribution in [0.15, 0.2) is 18.2 Å². The molecule has 2 atom stereocenters. The van der Waals surface area contributed by atoms with Gasteiger partial charge >= 0.3 is 0 Å². The molecule has 2 unspecified atom stereocenters. The van der Waals surface area contributed by atoms with Gasteiger partial charge in [0.25, 0.3) is 0 Å². The zero-order chi connectivity index (χ0) is 13.2. The standard InChI is InChI=1S/C14H21ClFN/c1-9(17-10(2)14(3,4)5)11-6-7-12(15)13(16)8-11/h6-10,17H,1-5H3. The molecule has 1 rings (SSSR count). The van der Waals surface area contributed by atoms with E-state index in [9.17, 15) is 4.39 Å². The molecule has 1 N–H and O–H groups in total. The summed E-state index contributed by atoms with van der Waals surface area (Å²) >= 11 is 5.67. The first-order valence-corrected chi connectivity index (χ1v) is 6.30. The molecule has 0 fully saturated rings. The number of nitrogens with one attached hydrogen (secondary N) is 1. The third-order valence-electron chi connectivity index (χ3n) is 3.24. The maximum atomic E-state index is 13.4. The van der Waals surface area contributed by atoms with E-state index in [1.807, 2.05) is 13.0 Å². The van der Waals surface area contributed by atoms with Gasteiger partial charge in [0.05, 0.1) is 5.02 Å². The van der Waals surface area contributed by atoms with Crippen LogP contribution < -0.4 is 5.32 Å². The summed E-state index contributed by atoms with van der Waals surface area (Å²) in [5.41, 5.74) is 1.10. The van der Waals surface area contributed by atoms with Crippen LogP contribution in [0.2, 0.25) is 5.02 Å². The van der Waals surface area contributed by atoms with E-state index in [1.165, 1.54) is 6.07 Å². The second-order valence-corrected chi connectivity index (χ2v) is 6.06. The third-order valence-corrected chi connectivity index (χ3v) is 3.55. The molecule has 1 nitrogen and oxygen atoms in total. The lowest BCUT2D eigenvalue weighted by Crippen LogP contribution is -2.39. The van der Waals surface area contributed by atoms with Crippen LogP contribution in [0.25, 0.3) is 0 Å². The van der Waals surface area contributed by atoms with Gasteiger partial charge in [-0.1, -0.05) is 38.4 Å². The van der Waals surface area contributed by atoms with Crippen LogP contribution in [0.5, 0.6) is 0 Å². The molecule has 1 aromatic carbocycles. The highest BCUT2D eigenvalue weighted by Gasteiger charge is 2.21. The Balaban J connectivity index is 2.76. The fourth-order valence-electron chi connectivity index (χ4n) is 1.50. The van der Waals surface area contributed by atoms with Gasteiger partial charge in [-0.2, -0.15) is 0 Å². The van der Waals surface area contributed by atoms with E-state index >= 15 is 0 Å². The van der Waals surface area contributed by atoms with Crippen LogP contribution in [0, 0.1) is 11.2 Å². The number of benzene rings is 1.